The minimum atomic E-state index is -0.412. The number of aromatic nitrogens is 4. The first-order valence-corrected chi connectivity index (χ1v) is 11.8. The highest BCUT2D eigenvalue weighted by atomic mass is 19.1. The lowest BCUT2D eigenvalue weighted by Gasteiger charge is -2.32. The van der Waals surface area contributed by atoms with Crippen LogP contribution in [0.25, 0.3) is 16.9 Å². The molecular weight excluding hydrogens is 419 g/mol. The second-order valence-electron chi connectivity index (χ2n) is 9.17. The molecule has 4 heterocycles. The molecule has 2 fully saturated rings. The third kappa shape index (κ3) is 4.48. The summed E-state index contributed by atoms with van der Waals surface area (Å²) >= 11 is 0. The first kappa shape index (κ1) is 21.6. The molecule has 172 valence electrons. The lowest BCUT2D eigenvalue weighted by Crippen LogP contribution is -2.40. The zero-order chi connectivity index (χ0) is 22.8. The molecule has 8 nitrogen and oxygen atoms in total. The van der Waals surface area contributed by atoms with Crippen LogP contribution in [-0.4, -0.2) is 44.8 Å². The number of fused-ring (bicyclic) bond motifs is 1. The van der Waals surface area contributed by atoms with Crippen LogP contribution in [0.2, 0.25) is 0 Å². The van der Waals surface area contributed by atoms with Gasteiger partial charge in [0, 0.05) is 37.8 Å². The van der Waals surface area contributed by atoms with Crippen molar-refractivity contribution in [2.75, 3.05) is 23.3 Å². The molecule has 9 heteroatoms. The fourth-order valence-electron chi connectivity index (χ4n) is 4.91. The van der Waals surface area contributed by atoms with E-state index in [1.165, 1.54) is 0 Å². The summed E-state index contributed by atoms with van der Waals surface area (Å²) in [6, 6.07) is 8.35. The topological polar surface area (TPSA) is 108 Å². The Kier molecular flexibility index (Phi) is 6.09. The number of anilines is 2. The number of rotatable bonds is 5. The maximum absolute atomic E-state index is 15.7. The number of nitrogens with zero attached hydrogens (tertiary/aromatic N) is 6. The Morgan fingerprint density at radius 1 is 1.12 bits per heavy atom. The molecule has 1 saturated heterocycles. The highest BCUT2D eigenvalue weighted by Gasteiger charge is 2.27. The normalized spacial score (nSPS) is 21.8. The van der Waals surface area contributed by atoms with Crippen LogP contribution in [0.1, 0.15) is 44.9 Å². The molecule has 1 aliphatic heterocycles. The van der Waals surface area contributed by atoms with E-state index in [2.05, 4.69) is 26.5 Å². The predicted octanol–water partition coefficient (Wildman–Crippen LogP) is 3.74. The summed E-state index contributed by atoms with van der Waals surface area (Å²) in [6.07, 6.45) is 9.54. The number of piperidine rings is 1. The van der Waals surface area contributed by atoms with Crippen molar-refractivity contribution in [2.45, 2.75) is 57.0 Å². The molecular formula is C24H29FN8. The highest BCUT2D eigenvalue weighted by Crippen LogP contribution is 2.33. The molecule has 2 aliphatic rings. The molecule has 1 aliphatic carbocycles. The van der Waals surface area contributed by atoms with Gasteiger partial charge in [-0.25, -0.2) is 14.5 Å². The molecule has 0 bridgehead atoms. The average Bonchev–Trinajstić information content (AvgIpc) is 3.27. The first-order chi connectivity index (χ1) is 16.1. The Hall–Kier alpha value is -3.25. The van der Waals surface area contributed by atoms with E-state index in [1.807, 2.05) is 29.3 Å². The number of nitriles is 1. The van der Waals surface area contributed by atoms with Gasteiger partial charge in [-0.1, -0.05) is 6.07 Å². The van der Waals surface area contributed by atoms with Crippen LogP contribution in [0.5, 0.6) is 0 Å². The van der Waals surface area contributed by atoms with Crippen LogP contribution in [0.4, 0.5) is 16.0 Å². The van der Waals surface area contributed by atoms with E-state index in [1.54, 1.807) is 10.7 Å². The van der Waals surface area contributed by atoms with Gasteiger partial charge in [-0.3, -0.25) is 0 Å². The predicted molar refractivity (Wildman–Crippen MR) is 125 cm³/mol. The van der Waals surface area contributed by atoms with Crippen LogP contribution in [-0.2, 0) is 0 Å². The maximum atomic E-state index is 15.7. The van der Waals surface area contributed by atoms with Gasteiger partial charge >= 0.3 is 0 Å². The Morgan fingerprint density at radius 3 is 2.67 bits per heavy atom. The van der Waals surface area contributed by atoms with E-state index in [-0.39, 0.29) is 17.9 Å². The number of halogens is 1. The van der Waals surface area contributed by atoms with Gasteiger partial charge in [-0.15, -0.1) is 0 Å². The van der Waals surface area contributed by atoms with E-state index < -0.39 is 5.82 Å². The van der Waals surface area contributed by atoms with Crippen LogP contribution in [0, 0.1) is 23.1 Å². The molecule has 0 aromatic carbocycles. The van der Waals surface area contributed by atoms with Crippen LogP contribution >= 0.6 is 0 Å². The summed E-state index contributed by atoms with van der Waals surface area (Å²) in [6.45, 7) is 1.34. The number of nitrogens with two attached hydrogens (primary N) is 1. The molecule has 0 radical (unpaired) electrons. The van der Waals surface area contributed by atoms with Crippen LogP contribution in [0.15, 0.2) is 30.6 Å². The second kappa shape index (κ2) is 9.32. The standard InChI is InChI=1S/C24H29FN8/c25-21-23(29-18-6-4-16(5-7-18)8-11-26)30-22(19-15-28-33-12-2-1-3-20(19)33)31-24(21)32-13-9-17(27)10-14-32/h1-3,12,15-18H,4-10,13-14,27H2,(H,29,30,31)/t16-,18-. The van der Waals surface area contributed by atoms with Crippen molar-refractivity contribution in [2.24, 2.45) is 11.7 Å². The number of pyridine rings is 1. The Bertz CT molecular complexity index is 1150. The summed E-state index contributed by atoms with van der Waals surface area (Å²) in [7, 11) is 0. The van der Waals surface area contributed by atoms with Crippen molar-refractivity contribution in [1.29, 1.82) is 5.26 Å². The van der Waals surface area contributed by atoms with E-state index in [4.69, 9.17) is 11.0 Å². The lowest BCUT2D eigenvalue weighted by atomic mass is 9.84. The summed E-state index contributed by atoms with van der Waals surface area (Å²) < 4.78 is 17.5. The first-order valence-electron chi connectivity index (χ1n) is 11.8. The molecule has 5 rings (SSSR count). The molecule has 0 atom stereocenters. The number of nitrogens with one attached hydrogen (secondary N) is 1. The van der Waals surface area contributed by atoms with Gasteiger partial charge in [-0.05, 0) is 56.6 Å². The zero-order valence-electron chi connectivity index (χ0n) is 18.6. The Morgan fingerprint density at radius 2 is 1.91 bits per heavy atom. The lowest BCUT2D eigenvalue weighted by molar-refractivity contribution is 0.341. The molecule has 0 amide bonds. The quantitative estimate of drug-likeness (QED) is 0.612. The summed E-state index contributed by atoms with van der Waals surface area (Å²) in [5.41, 5.74) is 7.72. The van der Waals surface area contributed by atoms with Gasteiger partial charge < -0.3 is 16.0 Å². The fourth-order valence-corrected chi connectivity index (χ4v) is 4.91. The largest absolute Gasteiger partial charge is 0.365 e. The third-order valence-corrected chi connectivity index (χ3v) is 6.91. The van der Waals surface area contributed by atoms with Gasteiger partial charge in [0.15, 0.2) is 17.5 Å². The Labute approximate surface area is 192 Å². The average molecular weight is 449 g/mol. The van der Waals surface area contributed by atoms with Gasteiger partial charge in [0.25, 0.3) is 0 Å². The molecule has 3 N–H and O–H groups in total. The second-order valence-corrected chi connectivity index (χ2v) is 9.17. The van der Waals surface area contributed by atoms with Crippen molar-refractivity contribution >= 4 is 17.2 Å². The highest BCUT2D eigenvalue weighted by molar-refractivity contribution is 5.77. The van der Waals surface area contributed by atoms with E-state index in [9.17, 15) is 0 Å². The van der Waals surface area contributed by atoms with Gasteiger partial charge in [0.2, 0.25) is 5.82 Å². The molecule has 3 aromatic heterocycles. The van der Waals surface area contributed by atoms with E-state index in [0.29, 0.717) is 37.1 Å². The van der Waals surface area contributed by atoms with E-state index in [0.717, 1.165) is 49.6 Å². The summed E-state index contributed by atoms with van der Waals surface area (Å²) in [5, 5.41) is 16.7. The molecule has 0 spiro atoms. The minimum absolute atomic E-state index is 0.128. The SMILES string of the molecule is N#CC[C@H]1CC[C@H](Nc2nc(-c3cnn4ccccc34)nc(N3CCC(N)CC3)c2F)CC1. The van der Waals surface area contributed by atoms with Gasteiger partial charge in [0.1, 0.15) is 0 Å². The van der Waals surface area contributed by atoms with Crippen molar-refractivity contribution in [1.82, 2.24) is 19.6 Å². The van der Waals surface area contributed by atoms with Crippen molar-refractivity contribution < 1.29 is 4.39 Å². The smallest absolute Gasteiger partial charge is 0.207 e. The number of hydrogen-bond acceptors (Lipinski definition) is 7. The Balaban J connectivity index is 1.49. The zero-order valence-corrected chi connectivity index (χ0v) is 18.6. The van der Waals surface area contributed by atoms with Crippen LogP contribution < -0.4 is 16.0 Å². The summed E-state index contributed by atoms with van der Waals surface area (Å²) in [5.74, 6) is 1.05. The van der Waals surface area contributed by atoms with E-state index >= 15 is 4.39 Å². The van der Waals surface area contributed by atoms with Gasteiger partial charge in [0.05, 0.1) is 23.3 Å². The van der Waals surface area contributed by atoms with Crippen molar-refractivity contribution in [3.05, 3.63) is 36.4 Å². The van der Waals surface area contributed by atoms with Crippen molar-refractivity contribution in [3.63, 3.8) is 0 Å². The molecule has 1 saturated carbocycles. The van der Waals surface area contributed by atoms with Crippen LogP contribution in [0.3, 0.4) is 0 Å². The third-order valence-electron chi connectivity index (χ3n) is 6.91. The van der Waals surface area contributed by atoms with Gasteiger partial charge in [-0.2, -0.15) is 14.8 Å². The molecule has 0 unspecified atom stereocenters. The summed E-state index contributed by atoms with van der Waals surface area (Å²) in [4.78, 5) is 11.3. The number of hydrogen-bond donors (Lipinski definition) is 2. The minimum Gasteiger partial charge on any atom is -0.365 e. The van der Waals surface area contributed by atoms with Crippen molar-refractivity contribution in [3.8, 4) is 17.5 Å². The molecule has 3 aromatic rings. The monoisotopic (exact) mass is 448 g/mol. The maximum Gasteiger partial charge on any atom is 0.207 e. The molecule has 33 heavy (non-hydrogen) atoms. The fraction of sp³-hybridized carbons (Fsp3) is 0.500.